The summed E-state index contributed by atoms with van der Waals surface area (Å²) in [5.41, 5.74) is 3.59. The lowest BCUT2D eigenvalue weighted by atomic mass is 10.1. The Bertz CT molecular complexity index is 632. The summed E-state index contributed by atoms with van der Waals surface area (Å²) in [5, 5.41) is 4.46. The predicted molar refractivity (Wildman–Crippen MR) is 78.4 cm³/mol. The van der Waals surface area contributed by atoms with Crippen molar-refractivity contribution in [2.24, 2.45) is 0 Å². The van der Waals surface area contributed by atoms with Crippen LogP contribution in [0.5, 0.6) is 0 Å². The number of carbonyl (C=O) groups excluding carboxylic acids is 1. The Balaban J connectivity index is 2.55. The Morgan fingerprint density at radius 1 is 1.28 bits per heavy atom. The van der Waals surface area contributed by atoms with E-state index >= 15 is 0 Å². The molecule has 1 aromatic heterocycles. The quantitative estimate of drug-likeness (QED) is 0.741. The monoisotopic (exact) mass is 370 g/mol. The van der Waals surface area contributed by atoms with Crippen molar-refractivity contribution in [2.75, 3.05) is 0 Å². The summed E-state index contributed by atoms with van der Waals surface area (Å²) in [6.07, 6.45) is 0. The molecule has 0 aliphatic carbocycles. The average molecular weight is 372 g/mol. The molecule has 1 aromatic carbocycles. The lowest BCUT2D eigenvalue weighted by Crippen LogP contribution is -2.01. The third kappa shape index (κ3) is 2.29. The highest BCUT2D eigenvalue weighted by atomic mass is 79.9. The minimum Gasteiger partial charge on any atom is -0.294 e. The maximum absolute atomic E-state index is 11.4. The number of carbonyl (C=O) groups is 1. The van der Waals surface area contributed by atoms with E-state index in [4.69, 9.17) is 0 Å². The molecule has 0 fully saturated rings. The minimum atomic E-state index is 0.0444. The summed E-state index contributed by atoms with van der Waals surface area (Å²) in [4.78, 5) is 11.4. The van der Waals surface area contributed by atoms with E-state index in [1.54, 1.807) is 6.92 Å². The first-order valence-electron chi connectivity index (χ1n) is 5.44. The Labute approximate surface area is 122 Å². The number of ketones is 1. The van der Waals surface area contributed by atoms with E-state index in [-0.39, 0.29) is 5.78 Å². The average Bonchev–Trinajstić information content (AvgIpc) is 2.56. The zero-order valence-corrected chi connectivity index (χ0v) is 13.5. The summed E-state index contributed by atoms with van der Waals surface area (Å²) < 4.78 is 3.65. The van der Waals surface area contributed by atoms with Gasteiger partial charge in [0, 0.05) is 10.0 Å². The molecule has 0 unspecified atom stereocenters. The third-order valence-electron chi connectivity index (χ3n) is 2.78. The van der Waals surface area contributed by atoms with Crippen molar-refractivity contribution in [1.82, 2.24) is 9.78 Å². The minimum absolute atomic E-state index is 0.0444. The van der Waals surface area contributed by atoms with Gasteiger partial charge in [-0.25, -0.2) is 4.68 Å². The molecule has 0 amide bonds. The van der Waals surface area contributed by atoms with Crippen LogP contribution in [-0.4, -0.2) is 15.6 Å². The number of Topliss-reactive ketones (excluding diaryl/α,β-unsaturated/α-hetero) is 1. The highest BCUT2D eigenvalue weighted by Crippen LogP contribution is 2.26. The van der Waals surface area contributed by atoms with Crippen LogP contribution in [-0.2, 0) is 0 Å². The van der Waals surface area contributed by atoms with Crippen LogP contribution in [0.15, 0.2) is 27.1 Å². The molecule has 2 aromatic rings. The second kappa shape index (κ2) is 4.97. The number of aromatic nitrogens is 2. The third-order valence-corrected chi connectivity index (χ3v) is 4.58. The van der Waals surface area contributed by atoms with Gasteiger partial charge in [0.2, 0.25) is 0 Å². The van der Waals surface area contributed by atoms with Crippen molar-refractivity contribution in [2.45, 2.75) is 20.8 Å². The second-order valence-electron chi connectivity index (χ2n) is 4.12. The summed E-state index contributed by atoms with van der Waals surface area (Å²) in [6.45, 7) is 5.50. The smallest absolute Gasteiger partial charge is 0.160 e. The van der Waals surface area contributed by atoms with Crippen molar-refractivity contribution < 1.29 is 4.79 Å². The lowest BCUT2D eigenvalue weighted by molar-refractivity contribution is 0.101. The first kappa shape index (κ1) is 13.5. The number of rotatable bonds is 2. The van der Waals surface area contributed by atoms with Crippen LogP contribution in [0.3, 0.4) is 0 Å². The van der Waals surface area contributed by atoms with Gasteiger partial charge in [0.25, 0.3) is 0 Å². The first-order chi connectivity index (χ1) is 8.41. The highest BCUT2D eigenvalue weighted by Gasteiger charge is 2.12. The molecule has 0 N–H and O–H groups in total. The van der Waals surface area contributed by atoms with Gasteiger partial charge in [0.15, 0.2) is 5.78 Å². The molecule has 1 heterocycles. The van der Waals surface area contributed by atoms with Gasteiger partial charge in [0.05, 0.1) is 21.5 Å². The van der Waals surface area contributed by atoms with Crippen LogP contribution < -0.4 is 0 Å². The molecule has 2 rings (SSSR count). The molecule has 0 aliphatic heterocycles. The van der Waals surface area contributed by atoms with E-state index < -0.39 is 0 Å². The molecule has 0 aliphatic rings. The first-order valence-corrected chi connectivity index (χ1v) is 7.03. The predicted octanol–water partition coefficient (Wildman–Crippen LogP) is 4.22. The van der Waals surface area contributed by atoms with E-state index in [1.807, 2.05) is 36.7 Å². The molecule has 0 bridgehead atoms. The summed E-state index contributed by atoms with van der Waals surface area (Å²) in [5.74, 6) is 0.0444. The maximum atomic E-state index is 11.4. The van der Waals surface area contributed by atoms with Crippen molar-refractivity contribution in [1.29, 1.82) is 0 Å². The fraction of sp³-hybridized carbons (Fsp3) is 0.231. The summed E-state index contributed by atoms with van der Waals surface area (Å²) >= 11 is 6.93. The van der Waals surface area contributed by atoms with Gasteiger partial charge in [0.1, 0.15) is 0 Å². The molecule has 0 atom stereocenters. The van der Waals surface area contributed by atoms with E-state index in [9.17, 15) is 4.79 Å². The largest absolute Gasteiger partial charge is 0.294 e. The molecular formula is C13H12Br2N2O. The van der Waals surface area contributed by atoms with Gasteiger partial charge >= 0.3 is 0 Å². The van der Waals surface area contributed by atoms with Crippen molar-refractivity contribution >= 4 is 37.6 Å². The fourth-order valence-electron chi connectivity index (χ4n) is 1.80. The molecule has 0 radical (unpaired) electrons. The molecule has 18 heavy (non-hydrogen) atoms. The van der Waals surface area contributed by atoms with Crippen LogP contribution >= 0.6 is 31.9 Å². The van der Waals surface area contributed by atoms with Crippen molar-refractivity contribution in [3.05, 3.63) is 44.1 Å². The normalized spacial score (nSPS) is 10.7. The second-order valence-corrected chi connectivity index (χ2v) is 5.76. The molecular weight excluding hydrogens is 360 g/mol. The molecule has 0 saturated heterocycles. The van der Waals surface area contributed by atoms with E-state index in [2.05, 4.69) is 37.0 Å². The Morgan fingerprint density at radius 3 is 2.39 bits per heavy atom. The van der Waals surface area contributed by atoms with Crippen LogP contribution in [0, 0.1) is 13.8 Å². The number of hydrogen-bond donors (Lipinski definition) is 0. The van der Waals surface area contributed by atoms with E-state index in [0.717, 1.165) is 26.0 Å². The lowest BCUT2D eigenvalue weighted by Gasteiger charge is -2.07. The van der Waals surface area contributed by atoms with Gasteiger partial charge in [-0.3, -0.25) is 4.79 Å². The molecule has 5 heteroatoms. The van der Waals surface area contributed by atoms with Crippen molar-refractivity contribution in [3.8, 4) is 5.69 Å². The zero-order valence-electron chi connectivity index (χ0n) is 10.3. The summed E-state index contributed by atoms with van der Waals surface area (Å²) in [7, 11) is 0. The molecule has 0 spiro atoms. The molecule has 0 saturated carbocycles. The Hall–Kier alpha value is -0.940. The van der Waals surface area contributed by atoms with E-state index in [1.165, 1.54) is 0 Å². The van der Waals surface area contributed by atoms with Gasteiger partial charge in [-0.2, -0.15) is 5.10 Å². The van der Waals surface area contributed by atoms with Crippen LogP contribution in [0.25, 0.3) is 5.69 Å². The number of hydrogen-bond acceptors (Lipinski definition) is 2. The topological polar surface area (TPSA) is 34.9 Å². The van der Waals surface area contributed by atoms with Gasteiger partial charge < -0.3 is 0 Å². The number of nitrogens with zero attached hydrogens (tertiary/aromatic N) is 2. The van der Waals surface area contributed by atoms with Crippen molar-refractivity contribution in [3.63, 3.8) is 0 Å². The molecule has 3 nitrogen and oxygen atoms in total. The Morgan fingerprint density at radius 2 is 1.94 bits per heavy atom. The number of benzene rings is 1. The highest BCUT2D eigenvalue weighted by molar-refractivity contribution is 9.10. The Kier molecular flexibility index (Phi) is 3.73. The van der Waals surface area contributed by atoms with Gasteiger partial charge in [-0.1, -0.05) is 0 Å². The maximum Gasteiger partial charge on any atom is 0.160 e. The standard InChI is InChI=1S/C13H12Br2N2O/c1-7-13(15)8(2)17(16-7)10-4-5-11(9(3)18)12(14)6-10/h4-6H,1-3H3. The van der Waals surface area contributed by atoms with E-state index in [0.29, 0.717) is 5.56 Å². The van der Waals surface area contributed by atoms with Crippen LogP contribution in [0.4, 0.5) is 0 Å². The summed E-state index contributed by atoms with van der Waals surface area (Å²) in [6, 6.07) is 5.61. The number of aryl methyl sites for hydroxylation is 1. The van der Waals surface area contributed by atoms with Crippen LogP contribution in [0.2, 0.25) is 0 Å². The van der Waals surface area contributed by atoms with Crippen LogP contribution in [0.1, 0.15) is 28.7 Å². The molecule has 94 valence electrons. The SMILES string of the molecule is CC(=O)c1ccc(-n2nc(C)c(Br)c2C)cc1Br. The number of halogens is 2. The fourth-order valence-corrected chi connectivity index (χ4v) is 2.69. The zero-order chi connectivity index (χ0) is 13.4. The van der Waals surface area contributed by atoms with Gasteiger partial charge in [-0.15, -0.1) is 0 Å². The van der Waals surface area contributed by atoms with Gasteiger partial charge in [-0.05, 0) is 70.8 Å².